The number of aryl methyl sites for hydroxylation is 3. The summed E-state index contributed by atoms with van der Waals surface area (Å²) in [6.45, 7) is 3.79. The highest BCUT2D eigenvalue weighted by molar-refractivity contribution is 6.09. The molecule has 0 amide bonds. The number of nitrogens with zero attached hydrogens (tertiary/aromatic N) is 4. The van der Waals surface area contributed by atoms with Crippen LogP contribution in [0, 0.1) is 13.8 Å². The van der Waals surface area contributed by atoms with Crippen molar-refractivity contribution < 1.29 is 0 Å². The summed E-state index contributed by atoms with van der Waals surface area (Å²) in [6.07, 6.45) is 0. The normalized spacial score (nSPS) is 11.4. The predicted molar refractivity (Wildman–Crippen MR) is 88.7 cm³/mol. The van der Waals surface area contributed by atoms with E-state index < -0.39 is 0 Å². The summed E-state index contributed by atoms with van der Waals surface area (Å²) >= 11 is 0. The molecule has 0 spiro atoms. The fourth-order valence-electron chi connectivity index (χ4n) is 3.05. The summed E-state index contributed by atoms with van der Waals surface area (Å²) in [5.41, 5.74) is 3.47. The largest absolute Gasteiger partial charge is 0.344 e. The van der Waals surface area contributed by atoms with E-state index in [0.29, 0.717) is 0 Å². The van der Waals surface area contributed by atoms with Crippen LogP contribution in [0.1, 0.15) is 11.6 Å². The van der Waals surface area contributed by atoms with Gasteiger partial charge in [0.25, 0.3) is 0 Å². The summed E-state index contributed by atoms with van der Waals surface area (Å²) in [5.74, 6) is 2.24. The Morgan fingerprint density at radius 1 is 0.773 bits per heavy atom. The standard InChI is InChI=1S/C18H16N4/c1-11-19-12(2)21-18(20-11)13-8-9-17-15(10-13)14-6-4-5-7-16(14)22(17)3/h4-10H,1-3H3. The average molecular weight is 288 g/mol. The Morgan fingerprint density at radius 3 is 2.23 bits per heavy atom. The molecule has 0 aliphatic heterocycles. The molecule has 2 aromatic heterocycles. The van der Waals surface area contributed by atoms with E-state index in [4.69, 9.17) is 0 Å². The van der Waals surface area contributed by atoms with Gasteiger partial charge in [-0.2, -0.15) is 0 Å². The van der Waals surface area contributed by atoms with E-state index in [1.54, 1.807) is 0 Å². The van der Waals surface area contributed by atoms with Gasteiger partial charge < -0.3 is 4.57 Å². The van der Waals surface area contributed by atoms with Crippen LogP contribution in [-0.4, -0.2) is 19.5 Å². The quantitative estimate of drug-likeness (QED) is 0.535. The number of hydrogen-bond donors (Lipinski definition) is 0. The van der Waals surface area contributed by atoms with Crippen molar-refractivity contribution in [2.24, 2.45) is 7.05 Å². The first-order valence-electron chi connectivity index (χ1n) is 7.30. The minimum atomic E-state index is 0.736. The monoisotopic (exact) mass is 288 g/mol. The summed E-state index contributed by atoms with van der Waals surface area (Å²) < 4.78 is 2.22. The SMILES string of the molecule is Cc1nc(C)nc(-c2ccc3c(c2)c2ccccc2n3C)n1. The summed E-state index contributed by atoms with van der Waals surface area (Å²) in [4.78, 5) is 13.2. The van der Waals surface area contributed by atoms with Gasteiger partial charge in [0.1, 0.15) is 11.6 Å². The number of aromatic nitrogens is 4. The third-order valence-electron chi connectivity index (χ3n) is 4.03. The first-order valence-corrected chi connectivity index (χ1v) is 7.30. The number of para-hydroxylation sites is 1. The van der Waals surface area contributed by atoms with Crippen LogP contribution in [0.3, 0.4) is 0 Å². The van der Waals surface area contributed by atoms with Gasteiger partial charge in [-0.05, 0) is 38.1 Å². The lowest BCUT2D eigenvalue weighted by molar-refractivity contribution is 0.929. The first kappa shape index (κ1) is 13.0. The molecule has 4 aromatic rings. The van der Waals surface area contributed by atoms with E-state index in [-0.39, 0.29) is 0 Å². The molecular weight excluding hydrogens is 272 g/mol. The molecular formula is C18H16N4. The second-order valence-electron chi connectivity index (χ2n) is 5.56. The van der Waals surface area contributed by atoms with Crippen LogP contribution in [-0.2, 0) is 7.05 Å². The van der Waals surface area contributed by atoms with Gasteiger partial charge in [-0.15, -0.1) is 0 Å². The molecule has 4 rings (SSSR count). The van der Waals surface area contributed by atoms with Gasteiger partial charge in [0.05, 0.1) is 0 Å². The zero-order chi connectivity index (χ0) is 15.3. The molecule has 0 aliphatic rings. The van der Waals surface area contributed by atoms with E-state index >= 15 is 0 Å². The maximum atomic E-state index is 4.47. The van der Waals surface area contributed by atoms with Gasteiger partial charge in [0.2, 0.25) is 0 Å². The van der Waals surface area contributed by atoms with Crippen LogP contribution >= 0.6 is 0 Å². The van der Waals surface area contributed by atoms with Crippen LogP contribution in [0.5, 0.6) is 0 Å². The molecule has 108 valence electrons. The van der Waals surface area contributed by atoms with E-state index in [1.807, 2.05) is 13.8 Å². The van der Waals surface area contributed by atoms with Crippen LogP contribution in [0.15, 0.2) is 42.5 Å². The van der Waals surface area contributed by atoms with Gasteiger partial charge in [0.15, 0.2) is 5.82 Å². The van der Waals surface area contributed by atoms with E-state index in [0.717, 1.165) is 23.0 Å². The summed E-state index contributed by atoms with van der Waals surface area (Å²) in [7, 11) is 2.10. The molecule has 0 fully saturated rings. The molecule has 4 heteroatoms. The van der Waals surface area contributed by atoms with Crippen molar-refractivity contribution in [2.75, 3.05) is 0 Å². The molecule has 4 nitrogen and oxygen atoms in total. The fourth-order valence-corrected chi connectivity index (χ4v) is 3.05. The Labute approximate surface area is 128 Å². The zero-order valence-electron chi connectivity index (χ0n) is 12.8. The predicted octanol–water partition coefficient (Wildman–Crippen LogP) is 3.80. The van der Waals surface area contributed by atoms with Crippen molar-refractivity contribution in [2.45, 2.75) is 13.8 Å². The maximum absolute atomic E-state index is 4.47. The topological polar surface area (TPSA) is 43.6 Å². The number of rotatable bonds is 1. The average Bonchev–Trinajstić information content (AvgIpc) is 2.80. The molecule has 0 saturated carbocycles. The van der Waals surface area contributed by atoms with Crippen LogP contribution < -0.4 is 0 Å². The number of hydrogen-bond acceptors (Lipinski definition) is 3. The molecule has 0 N–H and O–H groups in total. The molecule has 0 saturated heterocycles. The Balaban J connectivity index is 2.03. The minimum Gasteiger partial charge on any atom is -0.344 e. The molecule has 0 aliphatic carbocycles. The highest BCUT2D eigenvalue weighted by Gasteiger charge is 2.10. The molecule has 0 radical (unpaired) electrons. The fraction of sp³-hybridized carbons (Fsp3) is 0.167. The highest BCUT2D eigenvalue weighted by Crippen LogP contribution is 2.30. The molecule has 0 unspecified atom stereocenters. The van der Waals surface area contributed by atoms with Crippen molar-refractivity contribution in [3.63, 3.8) is 0 Å². The first-order chi connectivity index (χ1) is 10.6. The van der Waals surface area contributed by atoms with Crippen molar-refractivity contribution in [1.82, 2.24) is 19.5 Å². The molecule has 2 heterocycles. The van der Waals surface area contributed by atoms with E-state index in [9.17, 15) is 0 Å². The highest BCUT2D eigenvalue weighted by atomic mass is 15.0. The molecule has 0 bridgehead atoms. The van der Waals surface area contributed by atoms with Crippen molar-refractivity contribution >= 4 is 21.8 Å². The second kappa shape index (κ2) is 4.63. The molecule has 2 aromatic carbocycles. The van der Waals surface area contributed by atoms with Crippen molar-refractivity contribution in [3.8, 4) is 11.4 Å². The van der Waals surface area contributed by atoms with Crippen LogP contribution in [0.25, 0.3) is 33.2 Å². The lowest BCUT2D eigenvalue weighted by atomic mass is 10.1. The third kappa shape index (κ3) is 1.88. The Kier molecular flexibility index (Phi) is 2.73. The third-order valence-corrected chi connectivity index (χ3v) is 4.03. The number of benzene rings is 2. The van der Waals surface area contributed by atoms with Crippen molar-refractivity contribution in [1.29, 1.82) is 0 Å². The lowest BCUT2D eigenvalue weighted by Crippen LogP contribution is -1.98. The van der Waals surface area contributed by atoms with Gasteiger partial charge in [-0.25, -0.2) is 15.0 Å². The lowest BCUT2D eigenvalue weighted by Gasteiger charge is -2.04. The van der Waals surface area contributed by atoms with E-state index in [1.165, 1.54) is 21.8 Å². The summed E-state index contributed by atoms with van der Waals surface area (Å²) in [5, 5.41) is 2.48. The van der Waals surface area contributed by atoms with Gasteiger partial charge >= 0.3 is 0 Å². The van der Waals surface area contributed by atoms with Crippen LogP contribution in [0.4, 0.5) is 0 Å². The molecule has 22 heavy (non-hydrogen) atoms. The Morgan fingerprint density at radius 2 is 1.45 bits per heavy atom. The maximum Gasteiger partial charge on any atom is 0.163 e. The molecule has 0 atom stereocenters. The Bertz CT molecular complexity index is 994. The van der Waals surface area contributed by atoms with E-state index in [2.05, 4.69) is 69.0 Å². The minimum absolute atomic E-state index is 0.736. The van der Waals surface area contributed by atoms with Crippen LogP contribution in [0.2, 0.25) is 0 Å². The smallest absolute Gasteiger partial charge is 0.163 e. The van der Waals surface area contributed by atoms with Gasteiger partial charge in [-0.1, -0.05) is 18.2 Å². The van der Waals surface area contributed by atoms with Gasteiger partial charge in [-0.3, -0.25) is 0 Å². The summed E-state index contributed by atoms with van der Waals surface area (Å²) in [6, 6.07) is 14.8. The zero-order valence-corrected chi connectivity index (χ0v) is 12.8. The number of fused-ring (bicyclic) bond motifs is 3. The van der Waals surface area contributed by atoms with Crippen molar-refractivity contribution in [3.05, 3.63) is 54.1 Å². The second-order valence-corrected chi connectivity index (χ2v) is 5.56. The van der Waals surface area contributed by atoms with Gasteiger partial charge in [0, 0.05) is 34.4 Å². The Hall–Kier alpha value is -2.75.